The van der Waals surface area contributed by atoms with Crippen LogP contribution in [-0.4, -0.2) is 43.8 Å². The van der Waals surface area contributed by atoms with Crippen molar-refractivity contribution in [3.63, 3.8) is 0 Å². The summed E-state index contributed by atoms with van der Waals surface area (Å²) in [6, 6.07) is 8.86. The van der Waals surface area contributed by atoms with Crippen LogP contribution in [0.3, 0.4) is 0 Å². The van der Waals surface area contributed by atoms with Crippen molar-refractivity contribution in [3.8, 4) is 11.5 Å². The zero-order valence-electron chi connectivity index (χ0n) is 22.8. The van der Waals surface area contributed by atoms with E-state index >= 15 is 0 Å². The third-order valence-electron chi connectivity index (χ3n) is 7.60. The third kappa shape index (κ3) is 4.92. The number of carbonyl (C=O) groups excluding carboxylic acids is 1. The lowest BCUT2D eigenvalue weighted by molar-refractivity contribution is 0.0486. The van der Waals surface area contributed by atoms with E-state index in [1.54, 1.807) is 12.0 Å². The quantitative estimate of drug-likeness (QED) is 0.301. The molecule has 1 fully saturated rings. The molecule has 7 nitrogen and oxygen atoms in total. The minimum atomic E-state index is -0.601. The van der Waals surface area contributed by atoms with Crippen molar-refractivity contribution >= 4 is 16.9 Å². The van der Waals surface area contributed by atoms with Crippen LogP contribution in [0.25, 0.3) is 11.0 Å². The monoisotopic (exact) mass is 519 g/mol. The molecule has 3 aromatic rings. The fourth-order valence-corrected chi connectivity index (χ4v) is 5.74. The van der Waals surface area contributed by atoms with Gasteiger partial charge in [-0.3, -0.25) is 9.59 Å². The SMILES string of the molecule is CCCCCCOc1ccc(C2c3c(oc4cc(C)cc(C)c4c3=O)C(=O)N2CC2CCCO2)cc1OC. The van der Waals surface area contributed by atoms with Gasteiger partial charge in [-0.25, -0.2) is 0 Å². The minimum Gasteiger partial charge on any atom is -0.493 e. The van der Waals surface area contributed by atoms with Gasteiger partial charge in [-0.15, -0.1) is 0 Å². The van der Waals surface area contributed by atoms with Crippen LogP contribution < -0.4 is 14.9 Å². The normalized spacial score (nSPS) is 18.8. The second-order valence-corrected chi connectivity index (χ2v) is 10.4. The third-order valence-corrected chi connectivity index (χ3v) is 7.60. The molecule has 1 amide bonds. The molecule has 38 heavy (non-hydrogen) atoms. The number of methoxy groups -OCH3 is 1. The molecule has 0 N–H and O–H groups in total. The summed E-state index contributed by atoms with van der Waals surface area (Å²) < 4.78 is 23.8. The Morgan fingerprint density at radius 2 is 1.89 bits per heavy atom. The van der Waals surface area contributed by atoms with Gasteiger partial charge in [0, 0.05) is 13.2 Å². The molecule has 5 rings (SSSR count). The molecule has 202 valence electrons. The molecule has 1 saturated heterocycles. The van der Waals surface area contributed by atoms with Gasteiger partial charge >= 0.3 is 0 Å². The summed E-state index contributed by atoms with van der Waals surface area (Å²) in [6.45, 7) is 7.72. The number of benzene rings is 2. The second-order valence-electron chi connectivity index (χ2n) is 10.4. The predicted octanol–water partition coefficient (Wildman–Crippen LogP) is 6.10. The van der Waals surface area contributed by atoms with Gasteiger partial charge in [-0.2, -0.15) is 0 Å². The molecule has 2 aromatic carbocycles. The lowest BCUT2D eigenvalue weighted by atomic mass is 9.96. The molecular weight excluding hydrogens is 482 g/mol. The summed E-state index contributed by atoms with van der Waals surface area (Å²) in [5.74, 6) is 1.06. The van der Waals surface area contributed by atoms with Crippen LogP contribution in [-0.2, 0) is 4.74 Å². The number of ether oxygens (including phenoxy) is 3. The molecule has 0 aliphatic carbocycles. The number of unbranched alkanes of at least 4 members (excludes halogenated alkanes) is 3. The number of hydrogen-bond donors (Lipinski definition) is 0. The molecular formula is C31H37NO6. The van der Waals surface area contributed by atoms with E-state index in [2.05, 4.69) is 6.92 Å². The Kier molecular flexibility index (Phi) is 7.75. The van der Waals surface area contributed by atoms with Crippen molar-refractivity contribution in [2.24, 2.45) is 0 Å². The number of rotatable bonds is 10. The lowest BCUT2D eigenvalue weighted by Crippen LogP contribution is -2.36. The van der Waals surface area contributed by atoms with E-state index in [0.717, 1.165) is 42.4 Å². The Balaban J connectivity index is 1.57. The maximum atomic E-state index is 14.0. The fourth-order valence-electron chi connectivity index (χ4n) is 5.74. The number of fused-ring (bicyclic) bond motifs is 2. The van der Waals surface area contributed by atoms with Crippen LogP contribution in [0, 0.1) is 13.8 Å². The smallest absolute Gasteiger partial charge is 0.291 e. The molecule has 0 spiro atoms. The highest BCUT2D eigenvalue weighted by Gasteiger charge is 2.44. The lowest BCUT2D eigenvalue weighted by Gasteiger charge is -2.28. The Labute approximate surface area is 223 Å². The number of amides is 1. The summed E-state index contributed by atoms with van der Waals surface area (Å²) in [4.78, 5) is 29.5. The Bertz CT molecular complexity index is 1390. The van der Waals surface area contributed by atoms with Crippen LogP contribution in [0.4, 0.5) is 0 Å². The van der Waals surface area contributed by atoms with Crippen molar-refractivity contribution in [2.45, 2.75) is 71.4 Å². The van der Waals surface area contributed by atoms with Crippen molar-refractivity contribution in [1.29, 1.82) is 0 Å². The Morgan fingerprint density at radius 3 is 2.63 bits per heavy atom. The maximum absolute atomic E-state index is 14.0. The maximum Gasteiger partial charge on any atom is 0.291 e. The van der Waals surface area contributed by atoms with Gasteiger partial charge in [0.1, 0.15) is 5.58 Å². The van der Waals surface area contributed by atoms with E-state index in [0.29, 0.717) is 47.8 Å². The van der Waals surface area contributed by atoms with Crippen LogP contribution in [0.15, 0.2) is 39.5 Å². The zero-order valence-corrected chi connectivity index (χ0v) is 22.8. The van der Waals surface area contributed by atoms with E-state index in [-0.39, 0.29) is 23.2 Å². The predicted molar refractivity (Wildman–Crippen MR) is 146 cm³/mol. The number of hydrogen-bond acceptors (Lipinski definition) is 6. The van der Waals surface area contributed by atoms with Gasteiger partial charge in [0.05, 0.1) is 36.8 Å². The highest BCUT2D eigenvalue weighted by molar-refractivity contribution is 5.99. The van der Waals surface area contributed by atoms with Crippen LogP contribution >= 0.6 is 0 Å². The molecule has 2 aliphatic rings. The summed E-state index contributed by atoms with van der Waals surface area (Å²) in [5.41, 5.74) is 3.25. The van der Waals surface area contributed by atoms with E-state index in [1.807, 2.05) is 44.2 Å². The summed E-state index contributed by atoms with van der Waals surface area (Å²) in [6.07, 6.45) is 6.22. The molecule has 2 unspecified atom stereocenters. The van der Waals surface area contributed by atoms with Gasteiger partial charge in [0.2, 0.25) is 5.76 Å². The highest BCUT2D eigenvalue weighted by atomic mass is 16.5. The number of aryl methyl sites for hydroxylation is 2. The molecule has 7 heteroatoms. The summed E-state index contributed by atoms with van der Waals surface area (Å²) >= 11 is 0. The van der Waals surface area contributed by atoms with E-state index in [9.17, 15) is 9.59 Å². The topological polar surface area (TPSA) is 78.2 Å². The first-order chi connectivity index (χ1) is 18.4. The Hall–Kier alpha value is -3.32. The largest absolute Gasteiger partial charge is 0.493 e. The Morgan fingerprint density at radius 1 is 1.05 bits per heavy atom. The molecule has 0 bridgehead atoms. The molecule has 1 aromatic heterocycles. The van der Waals surface area contributed by atoms with E-state index < -0.39 is 6.04 Å². The van der Waals surface area contributed by atoms with Gasteiger partial charge < -0.3 is 23.5 Å². The molecule has 2 atom stereocenters. The average Bonchev–Trinajstić information content (AvgIpc) is 3.51. The van der Waals surface area contributed by atoms with Gasteiger partial charge in [-0.05, 0) is 68.0 Å². The van der Waals surface area contributed by atoms with Crippen molar-refractivity contribution < 1.29 is 23.4 Å². The highest BCUT2D eigenvalue weighted by Crippen LogP contribution is 2.42. The molecule has 0 radical (unpaired) electrons. The molecule has 3 heterocycles. The van der Waals surface area contributed by atoms with Gasteiger partial charge in [0.25, 0.3) is 5.91 Å². The molecule has 0 saturated carbocycles. The van der Waals surface area contributed by atoms with Crippen LogP contribution in [0.5, 0.6) is 11.5 Å². The van der Waals surface area contributed by atoms with Crippen molar-refractivity contribution in [3.05, 3.63) is 68.6 Å². The van der Waals surface area contributed by atoms with Crippen molar-refractivity contribution in [2.75, 3.05) is 26.9 Å². The minimum absolute atomic E-state index is 0.0723. The van der Waals surface area contributed by atoms with Gasteiger partial charge in [0.15, 0.2) is 16.9 Å². The molecule has 2 aliphatic heterocycles. The zero-order chi connectivity index (χ0) is 26.8. The first kappa shape index (κ1) is 26.3. The first-order valence-corrected chi connectivity index (χ1v) is 13.7. The fraction of sp³-hybridized carbons (Fsp3) is 0.484. The number of carbonyl (C=O) groups is 1. The number of nitrogens with zero attached hydrogens (tertiary/aromatic N) is 1. The van der Waals surface area contributed by atoms with Crippen molar-refractivity contribution in [1.82, 2.24) is 4.90 Å². The van der Waals surface area contributed by atoms with Crippen LogP contribution in [0.2, 0.25) is 0 Å². The standard InChI is InChI=1S/C31H37NO6/c1-5-6-7-8-13-37-23-12-11-21(17-24(23)35-4)28-27-29(33)26-20(3)15-19(2)16-25(26)38-30(27)31(34)32(28)18-22-10-9-14-36-22/h11-12,15-17,22,28H,5-10,13-14,18H2,1-4H3. The van der Waals surface area contributed by atoms with Gasteiger partial charge in [-0.1, -0.05) is 38.3 Å². The van der Waals surface area contributed by atoms with Crippen LogP contribution in [0.1, 0.15) is 84.3 Å². The summed E-state index contributed by atoms with van der Waals surface area (Å²) in [5, 5.41) is 0.519. The summed E-state index contributed by atoms with van der Waals surface area (Å²) in [7, 11) is 1.61. The second kappa shape index (κ2) is 11.2. The van der Waals surface area contributed by atoms with E-state index in [4.69, 9.17) is 18.6 Å². The first-order valence-electron chi connectivity index (χ1n) is 13.7. The van der Waals surface area contributed by atoms with E-state index in [1.165, 1.54) is 12.8 Å². The average molecular weight is 520 g/mol.